The van der Waals surface area contributed by atoms with Crippen molar-refractivity contribution in [2.45, 2.75) is 6.17 Å². The van der Waals surface area contributed by atoms with Crippen molar-refractivity contribution in [1.29, 1.82) is 0 Å². The van der Waals surface area contributed by atoms with Crippen LogP contribution in [0.5, 0.6) is 11.5 Å². The molecule has 1 aliphatic heterocycles. The molecule has 1 aliphatic rings. The number of ether oxygens (including phenoxy) is 2. The van der Waals surface area contributed by atoms with Gasteiger partial charge in [0.1, 0.15) is 6.17 Å². The Morgan fingerprint density at radius 1 is 1.08 bits per heavy atom. The zero-order valence-electron chi connectivity index (χ0n) is 14.5. The number of carbonyl (C=O) groups is 1. The first-order valence-corrected chi connectivity index (χ1v) is 9.61. The number of anilines is 1. The van der Waals surface area contributed by atoms with E-state index in [2.05, 4.69) is 10.1 Å². The molecule has 1 heterocycles. The molecule has 2 N–H and O–H groups in total. The van der Waals surface area contributed by atoms with Gasteiger partial charge in [-0.3, -0.25) is 4.79 Å². The van der Waals surface area contributed by atoms with Crippen molar-refractivity contribution in [3.05, 3.63) is 53.6 Å². The van der Waals surface area contributed by atoms with Crippen molar-refractivity contribution in [2.24, 2.45) is 0 Å². The second kappa shape index (κ2) is 6.85. The van der Waals surface area contributed by atoms with E-state index in [1.165, 1.54) is 14.2 Å². The van der Waals surface area contributed by atoms with Crippen LogP contribution in [0.1, 0.15) is 22.1 Å². The number of methoxy groups -OCH3 is 2. The smallest absolute Gasteiger partial charge is 0.273 e. The van der Waals surface area contributed by atoms with E-state index < -0.39 is 22.1 Å². The molecule has 2 aromatic rings. The summed E-state index contributed by atoms with van der Waals surface area (Å²) in [7, 11) is -0.645. The SMILES string of the molecule is COc1ccc([C@H]2Nc3ccccc3C(=O)N2NS(C)(=O)=O)cc1OC. The second-order valence-electron chi connectivity index (χ2n) is 5.75. The average molecular weight is 377 g/mol. The van der Waals surface area contributed by atoms with Gasteiger partial charge in [-0.2, -0.15) is 0 Å². The maximum absolute atomic E-state index is 12.9. The fourth-order valence-corrected chi connectivity index (χ4v) is 3.33. The van der Waals surface area contributed by atoms with Crippen LogP contribution in [0.15, 0.2) is 42.5 Å². The summed E-state index contributed by atoms with van der Waals surface area (Å²) in [4.78, 5) is 15.1. The predicted octanol–water partition coefficient (Wildman–Crippen LogP) is 1.73. The highest BCUT2D eigenvalue weighted by Gasteiger charge is 2.35. The summed E-state index contributed by atoms with van der Waals surface area (Å²) in [6.07, 6.45) is 0.235. The third-order valence-electron chi connectivity index (χ3n) is 3.91. The first-order chi connectivity index (χ1) is 12.3. The summed E-state index contributed by atoms with van der Waals surface area (Å²) < 4.78 is 34.1. The van der Waals surface area contributed by atoms with Crippen LogP contribution in [-0.4, -0.2) is 39.8 Å². The molecular weight excluding hydrogens is 358 g/mol. The zero-order chi connectivity index (χ0) is 18.9. The highest BCUT2D eigenvalue weighted by Crippen LogP contribution is 2.36. The van der Waals surface area contributed by atoms with E-state index in [1.54, 1.807) is 42.5 Å². The topological polar surface area (TPSA) is 97.0 Å². The molecule has 1 amide bonds. The Balaban J connectivity index is 2.09. The lowest BCUT2D eigenvalue weighted by Gasteiger charge is -2.37. The maximum Gasteiger partial charge on any atom is 0.273 e. The van der Waals surface area contributed by atoms with Crippen LogP contribution in [0, 0.1) is 0 Å². The van der Waals surface area contributed by atoms with Crippen molar-refractivity contribution in [2.75, 3.05) is 25.8 Å². The van der Waals surface area contributed by atoms with Crippen LogP contribution >= 0.6 is 0 Å². The van der Waals surface area contributed by atoms with Crippen LogP contribution in [0.4, 0.5) is 5.69 Å². The molecule has 3 rings (SSSR count). The van der Waals surface area contributed by atoms with Crippen LogP contribution < -0.4 is 19.6 Å². The van der Waals surface area contributed by atoms with Gasteiger partial charge in [-0.25, -0.2) is 13.4 Å². The maximum atomic E-state index is 12.9. The van der Waals surface area contributed by atoms with Crippen molar-refractivity contribution >= 4 is 21.6 Å². The van der Waals surface area contributed by atoms with E-state index in [1.807, 2.05) is 0 Å². The number of nitrogens with one attached hydrogen (secondary N) is 2. The van der Waals surface area contributed by atoms with E-state index in [0.29, 0.717) is 28.3 Å². The highest BCUT2D eigenvalue weighted by atomic mass is 32.2. The number of para-hydroxylation sites is 1. The molecule has 0 spiro atoms. The molecule has 0 aliphatic carbocycles. The Kier molecular flexibility index (Phi) is 4.75. The molecule has 0 aromatic heterocycles. The number of sulfonamides is 1. The molecule has 8 nitrogen and oxygen atoms in total. The monoisotopic (exact) mass is 377 g/mol. The van der Waals surface area contributed by atoms with E-state index >= 15 is 0 Å². The fourth-order valence-electron chi connectivity index (χ4n) is 2.78. The first kappa shape index (κ1) is 18.0. The van der Waals surface area contributed by atoms with Crippen molar-refractivity contribution in [1.82, 2.24) is 9.84 Å². The van der Waals surface area contributed by atoms with Gasteiger partial charge in [-0.15, -0.1) is 4.83 Å². The van der Waals surface area contributed by atoms with E-state index in [9.17, 15) is 13.2 Å². The van der Waals surface area contributed by atoms with Gasteiger partial charge in [0.2, 0.25) is 10.0 Å². The quantitative estimate of drug-likeness (QED) is 0.824. The zero-order valence-corrected chi connectivity index (χ0v) is 15.3. The third kappa shape index (κ3) is 3.44. The van der Waals surface area contributed by atoms with Crippen LogP contribution in [0.25, 0.3) is 0 Å². The van der Waals surface area contributed by atoms with Gasteiger partial charge >= 0.3 is 0 Å². The number of carbonyl (C=O) groups excluding carboxylic acids is 1. The Morgan fingerprint density at radius 2 is 1.77 bits per heavy atom. The number of amides is 1. The molecule has 0 fully saturated rings. The molecule has 26 heavy (non-hydrogen) atoms. The molecule has 138 valence electrons. The van der Waals surface area contributed by atoms with Crippen molar-refractivity contribution in [3.63, 3.8) is 0 Å². The van der Waals surface area contributed by atoms with Gasteiger partial charge in [0.15, 0.2) is 11.5 Å². The number of hydrogen-bond acceptors (Lipinski definition) is 6. The average Bonchev–Trinajstić information content (AvgIpc) is 2.62. The predicted molar refractivity (Wildman–Crippen MR) is 96.5 cm³/mol. The summed E-state index contributed by atoms with van der Waals surface area (Å²) in [6, 6.07) is 12.0. The minimum atomic E-state index is -3.67. The van der Waals surface area contributed by atoms with Crippen molar-refractivity contribution in [3.8, 4) is 11.5 Å². The van der Waals surface area contributed by atoms with Gasteiger partial charge in [-0.05, 0) is 29.8 Å². The number of hydrogen-bond donors (Lipinski definition) is 2. The highest BCUT2D eigenvalue weighted by molar-refractivity contribution is 7.88. The van der Waals surface area contributed by atoms with Crippen LogP contribution in [0.3, 0.4) is 0 Å². The number of benzene rings is 2. The van der Waals surface area contributed by atoms with Gasteiger partial charge in [0.05, 0.1) is 26.0 Å². The summed E-state index contributed by atoms with van der Waals surface area (Å²) >= 11 is 0. The molecule has 0 bridgehead atoms. The van der Waals surface area contributed by atoms with Gasteiger partial charge in [0.25, 0.3) is 5.91 Å². The minimum absolute atomic E-state index is 0.375. The molecule has 0 saturated heterocycles. The molecular formula is C17H19N3O5S. The Labute approximate surface area is 151 Å². The third-order valence-corrected chi connectivity index (χ3v) is 4.44. The Hall–Kier alpha value is -2.78. The van der Waals surface area contributed by atoms with Crippen LogP contribution in [-0.2, 0) is 10.0 Å². The Morgan fingerprint density at radius 3 is 2.42 bits per heavy atom. The Bertz CT molecular complexity index is 945. The summed E-state index contributed by atoms with van der Waals surface area (Å²) in [6.45, 7) is 0. The van der Waals surface area contributed by atoms with Gasteiger partial charge < -0.3 is 14.8 Å². The lowest BCUT2D eigenvalue weighted by Crippen LogP contribution is -2.52. The number of rotatable bonds is 5. The number of fused-ring (bicyclic) bond motifs is 1. The molecule has 1 atom stereocenters. The molecule has 0 unspecified atom stereocenters. The second-order valence-corrected chi connectivity index (χ2v) is 7.47. The lowest BCUT2D eigenvalue weighted by atomic mass is 10.0. The fraction of sp³-hybridized carbons (Fsp3) is 0.235. The molecule has 2 aromatic carbocycles. The minimum Gasteiger partial charge on any atom is -0.493 e. The number of nitrogens with zero attached hydrogens (tertiary/aromatic N) is 1. The van der Waals surface area contributed by atoms with Gasteiger partial charge in [0, 0.05) is 5.69 Å². The number of hydrazine groups is 1. The molecule has 0 saturated carbocycles. The molecule has 9 heteroatoms. The van der Waals surface area contributed by atoms with Gasteiger partial charge in [-0.1, -0.05) is 18.2 Å². The lowest BCUT2D eigenvalue weighted by molar-refractivity contribution is 0.0633. The van der Waals surface area contributed by atoms with E-state index in [4.69, 9.17) is 9.47 Å². The van der Waals surface area contributed by atoms with E-state index in [-0.39, 0.29) is 0 Å². The summed E-state index contributed by atoms with van der Waals surface area (Å²) in [5, 5.41) is 4.24. The summed E-state index contributed by atoms with van der Waals surface area (Å²) in [5.41, 5.74) is 1.62. The molecule has 0 radical (unpaired) electrons. The summed E-state index contributed by atoms with van der Waals surface area (Å²) in [5.74, 6) is 0.545. The first-order valence-electron chi connectivity index (χ1n) is 7.72. The van der Waals surface area contributed by atoms with Crippen LogP contribution in [0.2, 0.25) is 0 Å². The largest absolute Gasteiger partial charge is 0.493 e. The van der Waals surface area contributed by atoms with E-state index in [0.717, 1.165) is 11.3 Å². The standard InChI is InChI=1S/C17H19N3O5S/c1-24-14-9-8-11(10-15(14)25-2)16-18-13-7-5-4-6-12(13)17(21)20(16)19-26(3,22)23/h4-10,16,18-19H,1-3H3/t16-/m0/s1. The van der Waals surface area contributed by atoms with Crippen molar-refractivity contribution < 1.29 is 22.7 Å². The normalized spacial score (nSPS) is 16.7.